The van der Waals surface area contributed by atoms with Crippen molar-refractivity contribution in [3.05, 3.63) is 76.9 Å². The molecule has 8 nitrogen and oxygen atoms in total. The van der Waals surface area contributed by atoms with Gasteiger partial charge in [-0.15, -0.1) is 0 Å². The molecule has 2 amide bonds. The smallest absolute Gasteiger partial charge is 0.256 e. The number of β-amino-alcohol motifs (C(OH)–C–C–N with tert-alkyl or cyclic N) is 1. The van der Waals surface area contributed by atoms with Gasteiger partial charge in [0.2, 0.25) is 0 Å². The lowest BCUT2D eigenvalue weighted by atomic mass is 9.94. The van der Waals surface area contributed by atoms with Gasteiger partial charge in [-0.1, -0.05) is 24.3 Å². The summed E-state index contributed by atoms with van der Waals surface area (Å²) in [5.74, 6) is 0.117. The summed E-state index contributed by atoms with van der Waals surface area (Å²) in [4.78, 5) is 31.2. The molecule has 198 valence electrons. The number of carbonyl (C=O) groups excluding carboxylic acids is 2. The van der Waals surface area contributed by atoms with Gasteiger partial charge in [0.05, 0.1) is 22.9 Å². The molecule has 0 spiro atoms. The van der Waals surface area contributed by atoms with Crippen molar-refractivity contribution in [1.82, 2.24) is 15.2 Å². The molecule has 3 heterocycles. The third kappa shape index (κ3) is 5.62. The number of amides is 2. The summed E-state index contributed by atoms with van der Waals surface area (Å²) >= 11 is 0. The number of aliphatic hydroxyl groups excluding tert-OH is 1. The normalized spacial score (nSPS) is 17.9. The van der Waals surface area contributed by atoms with Crippen LogP contribution in [0, 0.1) is 12.7 Å². The molecule has 5 rings (SSSR count). The first-order valence-corrected chi connectivity index (χ1v) is 13.9. The predicted octanol–water partition coefficient (Wildman–Crippen LogP) is 2.78. The summed E-state index contributed by atoms with van der Waals surface area (Å²) in [5.41, 5.74) is 4.49. The number of aromatic amines is 1. The van der Waals surface area contributed by atoms with Crippen molar-refractivity contribution < 1.29 is 23.3 Å². The van der Waals surface area contributed by atoms with Crippen LogP contribution >= 0.6 is 0 Å². The fourth-order valence-corrected chi connectivity index (χ4v) is 5.99. The van der Waals surface area contributed by atoms with Gasteiger partial charge < -0.3 is 20.7 Å². The van der Waals surface area contributed by atoms with Crippen LogP contribution in [0.3, 0.4) is 0 Å². The molecule has 3 aromatic rings. The van der Waals surface area contributed by atoms with Gasteiger partial charge in [0.15, 0.2) is 0 Å². The van der Waals surface area contributed by atoms with Crippen LogP contribution in [-0.4, -0.2) is 74.8 Å². The number of benzene rings is 2. The largest absolute Gasteiger partial charge is 0.390 e. The lowest BCUT2D eigenvalue weighted by molar-refractivity contribution is -0.110. The van der Waals surface area contributed by atoms with Crippen molar-refractivity contribution in [3.8, 4) is 11.1 Å². The minimum atomic E-state index is -0.792. The lowest BCUT2D eigenvalue weighted by Gasteiger charge is -2.28. The molecule has 0 aliphatic carbocycles. The number of halogens is 1. The van der Waals surface area contributed by atoms with Gasteiger partial charge in [-0.05, 0) is 48.4 Å². The molecular weight excluding hydrogens is 507 g/mol. The Morgan fingerprint density at radius 1 is 1.21 bits per heavy atom. The molecule has 0 radical (unpaired) electrons. The number of H-pyrrole nitrogens is 1. The van der Waals surface area contributed by atoms with Crippen molar-refractivity contribution >= 4 is 40.0 Å². The second-order valence-corrected chi connectivity index (χ2v) is 11.2. The van der Waals surface area contributed by atoms with E-state index in [4.69, 9.17) is 0 Å². The summed E-state index contributed by atoms with van der Waals surface area (Å²) in [7, 11) is -0.792. The molecule has 1 unspecified atom stereocenters. The van der Waals surface area contributed by atoms with Gasteiger partial charge in [-0.2, -0.15) is 0 Å². The first kappa shape index (κ1) is 26.0. The number of aromatic nitrogens is 1. The number of hydrogen-bond donors (Lipinski definition) is 4. The third-order valence-electron chi connectivity index (χ3n) is 6.72. The summed E-state index contributed by atoms with van der Waals surface area (Å²) in [6, 6.07) is 13.3. The molecule has 10 heteroatoms. The topological polar surface area (TPSA) is 115 Å². The number of rotatable bonds is 7. The fraction of sp³-hybridized carbons (Fsp3) is 0.286. The maximum Gasteiger partial charge on any atom is 0.256 e. The molecule has 1 atom stereocenters. The third-order valence-corrected chi connectivity index (χ3v) is 7.99. The second kappa shape index (κ2) is 11.0. The first-order chi connectivity index (χ1) is 18.3. The highest BCUT2D eigenvalue weighted by molar-refractivity contribution is 7.85. The van der Waals surface area contributed by atoms with Gasteiger partial charge in [0, 0.05) is 65.4 Å². The average Bonchev–Trinajstić information content (AvgIpc) is 3.42. The number of nitrogens with one attached hydrogen (secondary N) is 3. The Kier molecular flexibility index (Phi) is 7.55. The Morgan fingerprint density at radius 3 is 2.74 bits per heavy atom. The SMILES string of the molecule is Cc1cc(C(=O)NCC(O)CN2CCS(=O)CC2)c(/C=C2\C(=O)Nc3cccc(-c4cccc(F)c4)c32)[nH]1. The molecule has 1 fully saturated rings. The zero-order valence-electron chi connectivity index (χ0n) is 20.9. The highest BCUT2D eigenvalue weighted by Crippen LogP contribution is 2.40. The molecule has 4 N–H and O–H groups in total. The van der Waals surface area contributed by atoms with Crippen LogP contribution in [0.15, 0.2) is 48.5 Å². The number of aliphatic hydroxyl groups is 1. The number of anilines is 1. The second-order valence-electron chi connectivity index (χ2n) is 9.54. The molecule has 2 aromatic carbocycles. The van der Waals surface area contributed by atoms with Crippen LogP contribution < -0.4 is 10.6 Å². The molecule has 2 aliphatic heterocycles. The van der Waals surface area contributed by atoms with Gasteiger partial charge in [0.1, 0.15) is 5.82 Å². The Morgan fingerprint density at radius 2 is 1.97 bits per heavy atom. The molecule has 0 saturated carbocycles. The van der Waals surface area contributed by atoms with Crippen molar-refractivity contribution in [2.75, 3.05) is 43.0 Å². The van der Waals surface area contributed by atoms with Crippen LogP contribution in [0.4, 0.5) is 10.1 Å². The van der Waals surface area contributed by atoms with Crippen molar-refractivity contribution in [3.63, 3.8) is 0 Å². The lowest BCUT2D eigenvalue weighted by Crippen LogP contribution is -2.45. The summed E-state index contributed by atoms with van der Waals surface area (Å²) in [6.45, 7) is 3.59. The highest BCUT2D eigenvalue weighted by Gasteiger charge is 2.28. The Balaban J connectivity index is 1.37. The van der Waals surface area contributed by atoms with Crippen molar-refractivity contribution in [1.29, 1.82) is 0 Å². The first-order valence-electron chi connectivity index (χ1n) is 12.4. The van der Waals surface area contributed by atoms with Gasteiger partial charge in [-0.3, -0.25) is 18.7 Å². The van der Waals surface area contributed by atoms with Gasteiger partial charge >= 0.3 is 0 Å². The molecule has 38 heavy (non-hydrogen) atoms. The maximum atomic E-state index is 14.0. The van der Waals surface area contributed by atoms with Crippen molar-refractivity contribution in [2.24, 2.45) is 0 Å². The van der Waals surface area contributed by atoms with E-state index in [1.54, 1.807) is 36.4 Å². The molecule has 2 aliphatic rings. The molecule has 1 aromatic heterocycles. The summed E-state index contributed by atoms with van der Waals surface area (Å²) in [6.07, 6.45) is 0.865. The Bertz CT molecular complexity index is 1440. The predicted molar refractivity (Wildman–Crippen MR) is 147 cm³/mol. The zero-order valence-corrected chi connectivity index (χ0v) is 21.7. The summed E-state index contributed by atoms with van der Waals surface area (Å²) in [5, 5.41) is 16.1. The summed E-state index contributed by atoms with van der Waals surface area (Å²) < 4.78 is 25.5. The van der Waals surface area contributed by atoms with Crippen LogP contribution in [0.5, 0.6) is 0 Å². The van der Waals surface area contributed by atoms with E-state index in [1.165, 1.54) is 12.1 Å². The molecular formula is C28H29FN4O4S. The number of hydrogen-bond acceptors (Lipinski definition) is 5. The van der Waals surface area contributed by atoms with E-state index < -0.39 is 16.9 Å². The van der Waals surface area contributed by atoms with E-state index in [1.807, 2.05) is 17.9 Å². The maximum absolute atomic E-state index is 14.0. The zero-order chi connectivity index (χ0) is 26.8. The fourth-order valence-electron chi connectivity index (χ4n) is 4.87. The van der Waals surface area contributed by atoms with E-state index >= 15 is 0 Å². The van der Waals surface area contributed by atoms with Gasteiger partial charge in [0.25, 0.3) is 11.8 Å². The van der Waals surface area contributed by atoms with Crippen LogP contribution in [0.2, 0.25) is 0 Å². The average molecular weight is 537 g/mol. The number of carbonyl (C=O) groups is 2. The molecule has 1 saturated heterocycles. The highest BCUT2D eigenvalue weighted by atomic mass is 32.2. The minimum Gasteiger partial charge on any atom is -0.390 e. The van der Waals surface area contributed by atoms with Crippen LogP contribution in [0.1, 0.15) is 27.3 Å². The minimum absolute atomic E-state index is 0.0612. The number of fused-ring (bicyclic) bond motifs is 1. The quantitative estimate of drug-likeness (QED) is 0.347. The molecule has 0 bridgehead atoms. The standard InChI is InChI=1S/C28H29FN4O4S/c1-17-12-22(27(35)30-15-20(34)16-33-8-10-38(37)11-9-33)25(31-17)14-23-26-21(18-4-2-5-19(29)13-18)6-3-7-24(26)32-28(23)36/h2-7,12-14,20,31,34H,8-11,15-16H2,1H3,(H,30,35)(H,32,36)/b23-14-. The Hall–Kier alpha value is -3.60. The van der Waals surface area contributed by atoms with E-state index in [-0.39, 0.29) is 24.2 Å². The number of nitrogens with zero attached hydrogens (tertiary/aromatic N) is 1. The van der Waals surface area contributed by atoms with Crippen LogP contribution in [0.25, 0.3) is 22.8 Å². The van der Waals surface area contributed by atoms with E-state index in [2.05, 4.69) is 15.6 Å². The van der Waals surface area contributed by atoms with Crippen LogP contribution in [-0.2, 0) is 15.6 Å². The number of aryl methyl sites for hydroxylation is 1. The van der Waals surface area contributed by atoms with E-state index in [0.29, 0.717) is 70.3 Å². The monoisotopic (exact) mass is 536 g/mol. The Labute approximate surface area is 222 Å². The van der Waals surface area contributed by atoms with Gasteiger partial charge in [-0.25, -0.2) is 4.39 Å². The van der Waals surface area contributed by atoms with Crippen molar-refractivity contribution in [2.45, 2.75) is 13.0 Å². The van der Waals surface area contributed by atoms with E-state index in [0.717, 1.165) is 5.69 Å². The van der Waals surface area contributed by atoms with E-state index in [9.17, 15) is 23.3 Å².